The molecule has 0 aliphatic rings. The molecule has 0 saturated carbocycles. The second-order valence-corrected chi connectivity index (χ2v) is 7.86. The third kappa shape index (κ3) is 4.22. The Balaban J connectivity index is 2.18. The fourth-order valence-electron chi connectivity index (χ4n) is 3.11. The second kappa shape index (κ2) is 8.57. The van der Waals surface area contributed by atoms with E-state index in [1.807, 2.05) is 38.1 Å². The number of aryl methyl sites for hydroxylation is 1. The van der Waals surface area contributed by atoms with Gasteiger partial charge in [0.05, 0.1) is 10.9 Å². The molecule has 152 valence electrons. The summed E-state index contributed by atoms with van der Waals surface area (Å²) >= 11 is 1.11. The van der Waals surface area contributed by atoms with Gasteiger partial charge in [-0.1, -0.05) is 37.1 Å². The summed E-state index contributed by atoms with van der Waals surface area (Å²) in [6, 6.07) is 7.51. The van der Waals surface area contributed by atoms with Gasteiger partial charge in [0.15, 0.2) is 0 Å². The van der Waals surface area contributed by atoms with Crippen molar-refractivity contribution in [2.75, 3.05) is 13.6 Å². The third-order valence-corrected chi connectivity index (χ3v) is 5.64. The van der Waals surface area contributed by atoms with E-state index in [0.29, 0.717) is 22.8 Å². The average Bonchev–Trinajstić information content (AvgIpc) is 3.12. The standard InChI is InChI=1S/C21H23N3O4S/c1-4-5-9-23(3)16(25)11-24-18(14-8-6-7-13(2)10-14)22-19-17(20(24)26)15(12-29-19)21(27)28/h6-8,10,12H,4-5,9,11H2,1-3H3,(H,27,28). The van der Waals surface area contributed by atoms with E-state index >= 15 is 0 Å². The second-order valence-electron chi connectivity index (χ2n) is 7.00. The molecule has 3 rings (SSSR count). The van der Waals surface area contributed by atoms with E-state index < -0.39 is 11.5 Å². The predicted molar refractivity (Wildman–Crippen MR) is 114 cm³/mol. The van der Waals surface area contributed by atoms with Crippen LogP contribution < -0.4 is 5.56 Å². The number of likely N-dealkylation sites (N-methyl/N-ethyl adjacent to an activating group) is 1. The Hall–Kier alpha value is -3.00. The molecule has 0 saturated heterocycles. The molecule has 2 aromatic heterocycles. The molecule has 0 radical (unpaired) electrons. The molecular formula is C21H23N3O4S. The molecule has 0 bridgehead atoms. The number of hydrogen-bond donors (Lipinski definition) is 1. The topological polar surface area (TPSA) is 92.5 Å². The van der Waals surface area contributed by atoms with Gasteiger partial charge in [-0.25, -0.2) is 9.78 Å². The van der Waals surface area contributed by atoms with Crippen molar-refractivity contribution in [3.05, 3.63) is 51.1 Å². The summed E-state index contributed by atoms with van der Waals surface area (Å²) in [6.07, 6.45) is 1.82. The number of thiophene rings is 1. The van der Waals surface area contributed by atoms with Crippen LogP contribution in [-0.4, -0.2) is 45.0 Å². The lowest BCUT2D eigenvalue weighted by Crippen LogP contribution is -2.35. The summed E-state index contributed by atoms with van der Waals surface area (Å²) in [6.45, 7) is 4.38. The van der Waals surface area contributed by atoms with E-state index in [0.717, 1.165) is 29.7 Å². The normalized spacial score (nSPS) is 11.0. The van der Waals surface area contributed by atoms with Crippen LogP contribution >= 0.6 is 11.3 Å². The van der Waals surface area contributed by atoms with Gasteiger partial charge in [-0.2, -0.15) is 0 Å². The van der Waals surface area contributed by atoms with Crippen LogP contribution in [0.2, 0.25) is 0 Å². The van der Waals surface area contributed by atoms with Crippen LogP contribution in [0.15, 0.2) is 34.4 Å². The lowest BCUT2D eigenvalue weighted by atomic mass is 10.1. The molecule has 0 spiro atoms. The van der Waals surface area contributed by atoms with Crippen LogP contribution in [0.5, 0.6) is 0 Å². The maximum Gasteiger partial charge on any atom is 0.337 e. The number of carbonyl (C=O) groups excluding carboxylic acids is 1. The number of rotatable bonds is 7. The van der Waals surface area contributed by atoms with Crippen LogP contribution in [0.3, 0.4) is 0 Å². The molecule has 1 aromatic carbocycles. The van der Waals surface area contributed by atoms with Crippen molar-refractivity contribution in [2.24, 2.45) is 0 Å². The number of aromatic carboxylic acids is 1. The minimum atomic E-state index is -1.18. The first kappa shape index (κ1) is 20.7. The summed E-state index contributed by atoms with van der Waals surface area (Å²) in [5.74, 6) is -1.04. The SMILES string of the molecule is CCCCN(C)C(=O)Cn1c(-c2cccc(C)c2)nc2scc(C(=O)O)c2c1=O. The van der Waals surface area contributed by atoms with Gasteiger partial charge in [-0.3, -0.25) is 14.2 Å². The van der Waals surface area contributed by atoms with Crippen molar-refractivity contribution in [2.45, 2.75) is 33.2 Å². The molecule has 3 aromatic rings. The van der Waals surface area contributed by atoms with E-state index in [2.05, 4.69) is 4.98 Å². The molecule has 0 atom stereocenters. The molecule has 0 aliphatic carbocycles. The highest BCUT2D eigenvalue weighted by atomic mass is 32.1. The van der Waals surface area contributed by atoms with Gasteiger partial charge >= 0.3 is 5.97 Å². The fourth-order valence-corrected chi connectivity index (χ4v) is 4.01. The molecule has 1 N–H and O–H groups in total. The monoisotopic (exact) mass is 413 g/mol. The smallest absolute Gasteiger partial charge is 0.337 e. The van der Waals surface area contributed by atoms with Crippen LogP contribution in [0.4, 0.5) is 0 Å². The van der Waals surface area contributed by atoms with Gasteiger partial charge in [-0.05, 0) is 19.4 Å². The number of carboxylic acid groups (broad SMARTS) is 1. The van der Waals surface area contributed by atoms with Gasteiger partial charge in [0.2, 0.25) is 5.91 Å². The van der Waals surface area contributed by atoms with Crippen molar-refractivity contribution in [1.29, 1.82) is 0 Å². The number of carboxylic acids is 1. The minimum absolute atomic E-state index is 0.0444. The van der Waals surface area contributed by atoms with Crippen molar-refractivity contribution < 1.29 is 14.7 Å². The van der Waals surface area contributed by atoms with Crippen LogP contribution in [-0.2, 0) is 11.3 Å². The molecule has 1 amide bonds. The molecular weight excluding hydrogens is 390 g/mol. The Morgan fingerprint density at radius 2 is 2.07 bits per heavy atom. The molecule has 29 heavy (non-hydrogen) atoms. The van der Waals surface area contributed by atoms with Gasteiger partial charge in [0, 0.05) is 24.5 Å². The zero-order valence-electron chi connectivity index (χ0n) is 16.6. The number of unbranched alkanes of at least 4 members (excludes halogenated alkanes) is 1. The van der Waals surface area contributed by atoms with Gasteiger partial charge in [0.25, 0.3) is 5.56 Å². The number of benzene rings is 1. The quantitative estimate of drug-likeness (QED) is 0.641. The Morgan fingerprint density at radius 1 is 1.31 bits per heavy atom. The number of aromatic nitrogens is 2. The van der Waals surface area contributed by atoms with Crippen LogP contribution in [0.25, 0.3) is 21.6 Å². The number of hydrogen-bond acceptors (Lipinski definition) is 5. The molecule has 0 unspecified atom stereocenters. The number of carbonyl (C=O) groups is 2. The average molecular weight is 413 g/mol. The molecule has 0 aliphatic heterocycles. The Bertz CT molecular complexity index is 1130. The Labute approximate surface area is 172 Å². The summed E-state index contributed by atoms with van der Waals surface area (Å²) in [5, 5.41) is 10.9. The number of nitrogens with zero attached hydrogens (tertiary/aromatic N) is 3. The maximum atomic E-state index is 13.3. The summed E-state index contributed by atoms with van der Waals surface area (Å²) in [4.78, 5) is 44.1. The van der Waals surface area contributed by atoms with Gasteiger partial charge in [0.1, 0.15) is 17.2 Å². The Kier molecular flexibility index (Phi) is 6.12. The fraction of sp³-hybridized carbons (Fsp3) is 0.333. The van der Waals surface area contributed by atoms with Gasteiger partial charge in [-0.15, -0.1) is 11.3 Å². The predicted octanol–water partition coefficient (Wildman–Crippen LogP) is 3.39. The Morgan fingerprint density at radius 3 is 2.72 bits per heavy atom. The van der Waals surface area contributed by atoms with Crippen LogP contribution in [0, 0.1) is 6.92 Å². The molecule has 8 heteroatoms. The zero-order valence-corrected chi connectivity index (χ0v) is 17.5. The highest BCUT2D eigenvalue weighted by molar-refractivity contribution is 7.17. The third-order valence-electron chi connectivity index (χ3n) is 4.77. The molecule has 2 heterocycles. The van der Waals surface area contributed by atoms with E-state index in [9.17, 15) is 19.5 Å². The highest BCUT2D eigenvalue weighted by Gasteiger charge is 2.22. The van der Waals surface area contributed by atoms with E-state index in [1.165, 1.54) is 9.95 Å². The first-order valence-corrected chi connectivity index (χ1v) is 10.3. The lowest BCUT2D eigenvalue weighted by Gasteiger charge is -2.19. The highest BCUT2D eigenvalue weighted by Crippen LogP contribution is 2.26. The number of amides is 1. The van der Waals surface area contributed by atoms with E-state index in [-0.39, 0.29) is 23.4 Å². The summed E-state index contributed by atoms with van der Waals surface area (Å²) < 4.78 is 1.29. The lowest BCUT2D eigenvalue weighted by molar-refractivity contribution is -0.130. The summed E-state index contributed by atoms with van der Waals surface area (Å²) in [7, 11) is 1.70. The van der Waals surface area contributed by atoms with Crippen LogP contribution in [0.1, 0.15) is 35.7 Å². The van der Waals surface area contributed by atoms with Gasteiger partial charge < -0.3 is 10.0 Å². The van der Waals surface area contributed by atoms with Crippen molar-refractivity contribution in [3.63, 3.8) is 0 Å². The summed E-state index contributed by atoms with van der Waals surface area (Å²) in [5.41, 5.74) is 1.10. The first-order valence-electron chi connectivity index (χ1n) is 9.39. The van der Waals surface area contributed by atoms with E-state index in [1.54, 1.807) is 11.9 Å². The maximum absolute atomic E-state index is 13.3. The minimum Gasteiger partial charge on any atom is -0.478 e. The van der Waals surface area contributed by atoms with Crippen molar-refractivity contribution >= 4 is 33.4 Å². The zero-order chi connectivity index (χ0) is 21.1. The first-order chi connectivity index (χ1) is 13.8. The van der Waals surface area contributed by atoms with E-state index in [4.69, 9.17) is 0 Å². The van der Waals surface area contributed by atoms with Crippen molar-refractivity contribution in [3.8, 4) is 11.4 Å². The number of fused-ring (bicyclic) bond motifs is 1. The van der Waals surface area contributed by atoms with Crippen molar-refractivity contribution in [1.82, 2.24) is 14.5 Å². The molecule has 7 nitrogen and oxygen atoms in total. The largest absolute Gasteiger partial charge is 0.478 e. The molecule has 0 fully saturated rings.